The molecule has 1 atom stereocenters. The number of hydrogen-bond acceptors (Lipinski definition) is 6. The van der Waals surface area contributed by atoms with Crippen LogP contribution in [0.4, 0.5) is 0 Å². The van der Waals surface area contributed by atoms with Gasteiger partial charge in [-0.1, -0.05) is 164 Å². The van der Waals surface area contributed by atoms with Gasteiger partial charge in [0.15, 0.2) is 6.10 Å². The van der Waals surface area contributed by atoms with Gasteiger partial charge in [-0.3, -0.25) is 14.4 Å². The highest BCUT2D eigenvalue weighted by atomic mass is 16.6. The Morgan fingerprint density at radius 2 is 0.684 bits per heavy atom. The summed E-state index contributed by atoms with van der Waals surface area (Å²) in [6.07, 6.45) is 56.1. The zero-order valence-electron chi connectivity index (χ0n) is 37.1. The van der Waals surface area contributed by atoms with Crippen LogP contribution in [-0.4, -0.2) is 37.2 Å². The van der Waals surface area contributed by atoms with Crippen LogP contribution in [0.15, 0.2) is 72.9 Å². The fourth-order valence-electron chi connectivity index (χ4n) is 6.19. The number of allylic oxidation sites excluding steroid dienone is 12. The molecule has 0 spiro atoms. The quantitative estimate of drug-likeness (QED) is 0.0265. The van der Waals surface area contributed by atoms with E-state index in [0.29, 0.717) is 19.3 Å². The van der Waals surface area contributed by atoms with Crippen LogP contribution in [0.3, 0.4) is 0 Å². The van der Waals surface area contributed by atoms with Gasteiger partial charge in [-0.25, -0.2) is 0 Å². The first-order valence-electron chi connectivity index (χ1n) is 23.4. The fraction of sp³-hybridized carbons (Fsp3) is 0.706. The zero-order valence-corrected chi connectivity index (χ0v) is 37.1. The Labute approximate surface area is 351 Å². The van der Waals surface area contributed by atoms with Crippen LogP contribution in [0.25, 0.3) is 0 Å². The molecule has 0 bridgehead atoms. The van der Waals surface area contributed by atoms with E-state index >= 15 is 0 Å². The van der Waals surface area contributed by atoms with Gasteiger partial charge < -0.3 is 14.2 Å². The Morgan fingerprint density at radius 1 is 0.368 bits per heavy atom. The first kappa shape index (κ1) is 53.9. The van der Waals surface area contributed by atoms with Crippen LogP contribution < -0.4 is 0 Å². The van der Waals surface area contributed by atoms with Gasteiger partial charge in [0, 0.05) is 19.3 Å². The molecular formula is C51H86O6. The third kappa shape index (κ3) is 43.8. The molecule has 6 nitrogen and oxygen atoms in total. The van der Waals surface area contributed by atoms with Gasteiger partial charge in [0.2, 0.25) is 0 Å². The molecule has 0 aromatic heterocycles. The zero-order chi connectivity index (χ0) is 41.5. The van der Waals surface area contributed by atoms with Crippen LogP contribution in [-0.2, 0) is 28.6 Å². The molecule has 0 aliphatic heterocycles. The van der Waals surface area contributed by atoms with Crippen molar-refractivity contribution < 1.29 is 28.6 Å². The van der Waals surface area contributed by atoms with E-state index in [1.165, 1.54) is 64.2 Å². The molecule has 0 N–H and O–H groups in total. The predicted molar refractivity (Wildman–Crippen MR) is 242 cm³/mol. The maximum Gasteiger partial charge on any atom is 0.306 e. The number of unbranched alkanes of at least 4 members (excludes halogenated alkanes) is 18. The summed E-state index contributed by atoms with van der Waals surface area (Å²) in [6.45, 7) is 6.32. The van der Waals surface area contributed by atoms with Gasteiger partial charge >= 0.3 is 17.9 Å². The van der Waals surface area contributed by atoms with E-state index in [2.05, 4.69) is 93.7 Å². The normalized spacial score (nSPS) is 12.7. The smallest absolute Gasteiger partial charge is 0.306 e. The van der Waals surface area contributed by atoms with E-state index < -0.39 is 6.10 Å². The Balaban J connectivity index is 4.42. The Morgan fingerprint density at radius 3 is 1.12 bits per heavy atom. The number of hydrogen-bond donors (Lipinski definition) is 0. The third-order valence-electron chi connectivity index (χ3n) is 9.68. The summed E-state index contributed by atoms with van der Waals surface area (Å²) in [6, 6.07) is 0. The average molecular weight is 795 g/mol. The van der Waals surface area contributed by atoms with E-state index in [4.69, 9.17) is 14.2 Å². The fourth-order valence-corrected chi connectivity index (χ4v) is 6.19. The van der Waals surface area contributed by atoms with Crippen molar-refractivity contribution in [1.29, 1.82) is 0 Å². The maximum absolute atomic E-state index is 12.7. The van der Waals surface area contributed by atoms with Gasteiger partial charge in [0.1, 0.15) is 13.2 Å². The molecule has 0 amide bonds. The van der Waals surface area contributed by atoms with Crippen molar-refractivity contribution in [2.75, 3.05) is 13.2 Å². The lowest BCUT2D eigenvalue weighted by Gasteiger charge is -2.18. The van der Waals surface area contributed by atoms with Crippen LogP contribution in [0.1, 0.15) is 213 Å². The molecule has 326 valence electrons. The van der Waals surface area contributed by atoms with Crippen LogP contribution in [0, 0.1) is 0 Å². The summed E-state index contributed by atoms with van der Waals surface area (Å²) in [5.74, 6) is -0.973. The molecule has 6 heteroatoms. The SMILES string of the molecule is CC/C=C\C/C=C\C/C=C\CCCCCCC(=O)OC(COC(=O)CCCC/C=C\C/C=C\CC)COC(=O)CCCCCCC/C=C\CCCCCCCCC. The first-order valence-corrected chi connectivity index (χ1v) is 23.4. The standard InChI is InChI=1S/C51H86O6/c1-4-7-10-13-16-19-21-23-25-26-28-29-32-35-38-41-44-50(53)56-47-48(46-55-49(52)43-40-37-34-31-18-15-12-9-6-3)57-51(54)45-42-39-36-33-30-27-24-22-20-17-14-11-8-5-2/h8-9,11-12,17-18,20,24-27,31,48H,4-7,10,13-16,19,21-23,28-30,32-47H2,1-3H3/b11-8-,12-9-,20-17-,26-25-,27-24-,31-18-. The molecule has 0 aromatic carbocycles. The van der Waals surface area contributed by atoms with Crippen molar-refractivity contribution in [1.82, 2.24) is 0 Å². The lowest BCUT2D eigenvalue weighted by Crippen LogP contribution is -2.30. The maximum atomic E-state index is 12.7. The lowest BCUT2D eigenvalue weighted by atomic mass is 10.1. The second-order valence-corrected chi connectivity index (χ2v) is 15.2. The van der Waals surface area contributed by atoms with Gasteiger partial charge in [0.05, 0.1) is 0 Å². The minimum absolute atomic E-state index is 0.0999. The molecule has 0 saturated carbocycles. The van der Waals surface area contributed by atoms with E-state index in [1.807, 2.05) is 0 Å². The molecule has 0 aliphatic rings. The highest BCUT2D eigenvalue weighted by molar-refractivity contribution is 5.71. The van der Waals surface area contributed by atoms with Crippen molar-refractivity contribution in [3.8, 4) is 0 Å². The topological polar surface area (TPSA) is 78.9 Å². The molecule has 0 aromatic rings. The molecule has 1 unspecified atom stereocenters. The third-order valence-corrected chi connectivity index (χ3v) is 9.68. The van der Waals surface area contributed by atoms with E-state index in [-0.39, 0.29) is 31.1 Å². The minimum Gasteiger partial charge on any atom is -0.462 e. The van der Waals surface area contributed by atoms with E-state index in [1.54, 1.807) is 0 Å². The molecule has 0 rings (SSSR count). The van der Waals surface area contributed by atoms with Crippen LogP contribution in [0.5, 0.6) is 0 Å². The van der Waals surface area contributed by atoms with Crippen molar-refractivity contribution in [3.63, 3.8) is 0 Å². The van der Waals surface area contributed by atoms with Gasteiger partial charge in [-0.05, 0) is 103 Å². The van der Waals surface area contributed by atoms with Gasteiger partial charge in [-0.2, -0.15) is 0 Å². The van der Waals surface area contributed by atoms with E-state index in [0.717, 1.165) is 109 Å². The van der Waals surface area contributed by atoms with Gasteiger partial charge in [-0.15, -0.1) is 0 Å². The summed E-state index contributed by atoms with van der Waals surface area (Å²) in [5, 5.41) is 0. The highest BCUT2D eigenvalue weighted by Crippen LogP contribution is 2.13. The summed E-state index contributed by atoms with van der Waals surface area (Å²) >= 11 is 0. The summed E-state index contributed by atoms with van der Waals surface area (Å²) in [5.41, 5.74) is 0. The Kier molecular flexibility index (Phi) is 43.0. The van der Waals surface area contributed by atoms with Crippen molar-refractivity contribution in [2.24, 2.45) is 0 Å². The number of carbonyl (C=O) groups excluding carboxylic acids is 3. The molecular weight excluding hydrogens is 709 g/mol. The van der Waals surface area contributed by atoms with E-state index in [9.17, 15) is 14.4 Å². The van der Waals surface area contributed by atoms with Crippen molar-refractivity contribution >= 4 is 17.9 Å². The summed E-state index contributed by atoms with van der Waals surface area (Å²) < 4.78 is 16.6. The average Bonchev–Trinajstić information content (AvgIpc) is 3.21. The predicted octanol–water partition coefficient (Wildman–Crippen LogP) is 15.1. The Hall–Kier alpha value is -3.15. The van der Waals surface area contributed by atoms with Crippen LogP contribution in [0.2, 0.25) is 0 Å². The van der Waals surface area contributed by atoms with Crippen LogP contribution >= 0.6 is 0 Å². The number of rotatable bonds is 41. The molecule has 0 saturated heterocycles. The van der Waals surface area contributed by atoms with Gasteiger partial charge in [0.25, 0.3) is 0 Å². The largest absolute Gasteiger partial charge is 0.462 e. The number of ether oxygens (including phenoxy) is 3. The summed E-state index contributed by atoms with van der Waals surface area (Å²) in [7, 11) is 0. The molecule has 0 radical (unpaired) electrons. The molecule has 57 heavy (non-hydrogen) atoms. The second kappa shape index (κ2) is 45.6. The number of carbonyl (C=O) groups is 3. The highest BCUT2D eigenvalue weighted by Gasteiger charge is 2.19. The second-order valence-electron chi connectivity index (χ2n) is 15.2. The van der Waals surface area contributed by atoms with Crippen molar-refractivity contribution in [3.05, 3.63) is 72.9 Å². The monoisotopic (exact) mass is 795 g/mol. The van der Waals surface area contributed by atoms with Crippen molar-refractivity contribution in [2.45, 2.75) is 219 Å². The molecule has 0 aliphatic carbocycles. The summed E-state index contributed by atoms with van der Waals surface area (Å²) in [4.78, 5) is 37.7. The molecule has 0 heterocycles. The molecule has 0 fully saturated rings. The number of esters is 3. The lowest BCUT2D eigenvalue weighted by molar-refractivity contribution is -0.167. The minimum atomic E-state index is -0.801. The Bertz CT molecular complexity index is 1100. The first-order chi connectivity index (χ1) is 28.0.